The summed E-state index contributed by atoms with van der Waals surface area (Å²) < 4.78 is 1.56. The number of hydrogen-bond acceptors (Lipinski definition) is 3. The highest BCUT2D eigenvalue weighted by molar-refractivity contribution is 5.25. The molecule has 1 atom stereocenters. The Labute approximate surface area is 59.3 Å². The second-order valence-corrected chi connectivity index (χ2v) is 2.29. The zero-order chi connectivity index (χ0) is 7.56. The summed E-state index contributed by atoms with van der Waals surface area (Å²) >= 11 is 0. The molecule has 0 amide bonds. The maximum atomic E-state index is 8.93. The van der Waals surface area contributed by atoms with Gasteiger partial charge in [0.25, 0.3) is 0 Å². The lowest BCUT2D eigenvalue weighted by atomic mass is 10.4. The molecule has 10 heavy (non-hydrogen) atoms. The Morgan fingerprint density at radius 1 is 1.90 bits per heavy atom. The van der Waals surface area contributed by atoms with Crippen molar-refractivity contribution in [3.05, 3.63) is 12.3 Å². The molecule has 0 radical (unpaired) electrons. The SMILES string of the molecule is CC(O)Cn1nccc1N. The average Bonchev–Trinajstić information content (AvgIpc) is 2.15. The van der Waals surface area contributed by atoms with Crippen LogP contribution in [0.4, 0.5) is 5.82 Å². The van der Waals surface area contributed by atoms with E-state index < -0.39 is 6.10 Å². The van der Waals surface area contributed by atoms with Crippen LogP contribution in [0.1, 0.15) is 6.92 Å². The summed E-state index contributed by atoms with van der Waals surface area (Å²) in [5.41, 5.74) is 5.48. The molecule has 4 heteroatoms. The van der Waals surface area contributed by atoms with Crippen molar-refractivity contribution in [2.24, 2.45) is 0 Å². The van der Waals surface area contributed by atoms with E-state index in [1.807, 2.05) is 0 Å². The molecule has 0 aliphatic rings. The van der Waals surface area contributed by atoms with Gasteiger partial charge in [0.2, 0.25) is 0 Å². The van der Waals surface area contributed by atoms with Crippen molar-refractivity contribution in [2.45, 2.75) is 19.6 Å². The molecule has 0 aromatic carbocycles. The highest BCUT2D eigenvalue weighted by Crippen LogP contribution is 2.00. The molecule has 1 aromatic rings. The first-order chi connectivity index (χ1) is 4.70. The van der Waals surface area contributed by atoms with Gasteiger partial charge in [-0.1, -0.05) is 0 Å². The maximum absolute atomic E-state index is 8.93. The summed E-state index contributed by atoms with van der Waals surface area (Å²) in [6, 6.07) is 1.70. The Balaban J connectivity index is 2.65. The van der Waals surface area contributed by atoms with Crippen molar-refractivity contribution in [2.75, 3.05) is 5.73 Å². The number of nitrogens with two attached hydrogens (primary N) is 1. The van der Waals surface area contributed by atoms with E-state index in [0.29, 0.717) is 12.4 Å². The number of aromatic nitrogens is 2. The van der Waals surface area contributed by atoms with Crippen molar-refractivity contribution in [1.29, 1.82) is 0 Å². The number of nitrogen functional groups attached to an aromatic ring is 1. The molecule has 3 N–H and O–H groups in total. The van der Waals surface area contributed by atoms with Crippen molar-refractivity contribution in [3.8, 4) is 0 Å². The summed E-state index contributed by atoms with van der Waals surface area (Å²) in [6.45, 7) is 2.15. The standard InChI is InChI=1S/C6H11N3O/c1-5(10)4-9-6(7)2-3-8-9/h2-3,5,10H,4,7H2,1H3. The zero-order valence-electron chi connectivity index (χ0n) is 5.86. The lowest BCUT2D eigenvalue weighted by Crippen LogP contribution is -2.14. The van der Waals surface area contributed by atoms with Crippen LogP contribution < -0.4 is 5.73 Å². The van der Waals surface area contributed by atoms with Gasteiger partial charge < -0.3 is 10.8 Å². The Morgan fingerprint density at radius 3 is 3.00 bits per heavy atom. The Bertz CT molecular complexity index is 207. The number of rotatable bonds is 2. The molecular formula is C6H11N3O. The van der Waals surface area contributed by atoms with E-state index in [2.05, 4.69) is 5.10 Å². The molecule has 1 unspecified atom stereocenters. The predicted molar refractivity (Wildman–Crippen MR) is 38.3 cm³/mol. The van der Waals surface area contributed by atoms with Crippen LogP contribution in [0.3, 0.4) is 0 Å². The monoisotopic (exact) mass is 141 g/mol. The van der Waals surface area contributed by atoms with E-state index >= 15 is 0 Å². The molecule has 0 aliphatic heterocycles. The topological polar surface area (TPSA) is 64.1 Å². The molecule has 1 aromatic heterocycles. The lowest BCUT2D eigenvalue weighted by molar-refractivity contribution is 0.169. The molecule has 0 bridgehead atoms. The Hall–Kier alpha value is -1.03. The van der Waals surface area contributed by atoms with Gasteiger partial charge >= 0.3 is 0 Å². The third-order valence-electron chi connectivity index (χ3n) is 1.19. The van der Waals surface area contributed by atoms with E-state index in [1.165, 1.54) is 0 Å². The van der Waals surface area contributed by atoms with Crippen LogP contribution in [-0.4, -0.2) is 21.0 Å². The summed E-state index contributed by atoms with van der Waals surface area (Å²) in [5.74, 6) is 0.584. The van der Waals surface area contributed by atoms with Gasteiger partial charge in [0, 0.05) is 0 Å². The minimum atomic E-state index is -0.401. The summed E-state index contributed by atoms with van der Waals surface area (Å²) in [4.78, 5) is 0. The van der Waals surface area contributed by atoms with E-state index in [9.17, 15) is 0 Å². The van der Waals surface area contributed by atoms with Gasteiger partial charge in [-0.15, -0.1) is 0 Å². The quantitative estimate of drug-likeness (QED) is 0.601. The molecule has 1 rings (SSSR count). The van der Waals surface area contributed by atoms with E-state index in [4.69, 9.17) is 10.8 Å². The zero-order valence-corrected chi connectivity index (χ0v) is 5.86. The fourth-order valence-electron chi connectivity index (χ4n) is 0.746. The second-order valence-electron chi connectivity index (χ2n) is 2.29. The van der Waals surface area contributed by atoms with Crippen molar-refractivity contribution >= 4 is 5.82 Å². The molecule has 4 nitrogen and oxygen atoms in total. The first-order valence-corrected chi connectivity index (χ1v) is 3.15. The van der Waals surface area contributed by atoms with Gasteiger partial charge in [-0.05, 0) is 13.0 Å². The molecule has 0 saturated carbocycles. The van der Waals surface area contributed by atoms with E-state index in [-0.39, 0.29) is 0 Å². The van der Waals surface area contributed by atoms with Crippen molar-refractivity contribution in [1.82, 2.24) is 9.78 Å². The number of aliphatic hydroxyl groups excluding tert-OH is 1. The third-order valence-corrected chi connectivity index (χ3v) is 1.19. The smallest absolute Gasteiger partial charge is 0.121 e. The fourth-order valence-corrected chi connectivity index (χ4v) is 0.746. The van der Waals surface area contributed by atoms with Gasteiger partial charge in [0.05, 0.1) is 18.8 Å². The first kappa shape index (κ1) is 7.08. The normalized spacial score (nSPS) is 13.4. The molecular weight excluding hydrogens is 130 g/mol. The van der Waals surface area contributed by atoms with Crippen LogP contribution in [0.15, 0.2) is 12.3 Å². The van der Waals surface area contributed by atoms with Gasteiger partial charge in [0.1, 0.15) is 5.82 Å². The molecule has 0 aliphatic carbocycles. The number of nitrogens with zero attached hydrogens (tertiary/aromatic N) is 2. The van der Waals surface area contributed by atoms with Crippen molar-refractivity contribution < 1.29 is 5.11 Å². The molecule has 56 valence electrons. The van der Waals surface area contributed by atoms with Gasteiger partial charge in [0.15, 0.2) is 0 Å². The van der Waals surface area contributed by atoms with Gasteiger partial charge in [-0.2, -0.15) is 5.10 Å². The average molecular weight is 141 g/mol. The number of anilines is 1. The number of hydrogen-bond donors (Lipinski definition) is 2. The van der Waals surface area contributed by atoms with Crippen LogP contribution in [0.2, 0.25) is 0 Å². The third kappa shape index (κ3) is 1.48. The van der Waals surface area contributed by atoms with Gasteiger partial charge in [-0.3, -0.25) is 0 Å². The highest BCUT2D eigenvalue weighted by Gasteiger charge is 2.00. The first-order valence-electron chi connectivity index (χ1n) is 3.15. The minimum Gasteiger partial charge on any atom is -0.391 e. The predicted octanol–water partition coefficient (Wildman–Crippen LogP) is -0.154. The summed E-state index contributed by atoms with van der Waals surface area (Å²) in [6.07, 6.45) is 1.21. The van der Waals surface area contributed by atoms with E-state index in [0.717, 1.165) is 0 Å². The fraction of sp³-hybridized carbons (Fsp3) is 0.500. The van der Waals surface area contributed by atoms with Gasteiger partial charge in [-0.25, -0.2) is 4.68 Å². The van der Waals surface area contributed by atoms with Crippen LogP contribution >= 0.6 is 0 Å². The Kier molecular flexibility index (Phi) is 1.91. The Morgan fingerprint density at radius 2 is 2.60 bits per heavy atom. The molecule has 1 heterocycles. The van der Waals surface area contributed by atoms with Crippen LogP contribution in [0.5, 0.6) is 0 Å². The largest absolute Gasteiger partial charge is 0.391 e. The molecule has 0 saturated heterocycles. The van der Waals surface area contributed by atoms with E-state index in [1.54, 1.807) is 23.9 Å². The van der Waals surface area contributed by atoms with Crippen LogP contribution in [0, 0.1) is 0 Å². The van der Waals surface area contributed by atoms with Crippen LogP contribution in [-0.2, 0) is 6.54 Å². The number of aliphatic hydroxyl groups is 1. The van der Waals surface area contributed by atoms with Crippen molar-refractivity contribution in [3.63, 3.8) is 0 Å². The molecule has 0 spiro atoms. The highest BCUT2D eigenvalue weighted by atomic mass is 16.3. The summed E-state index contributed by atoms with van der Waals surface area (Å²) in [7, 11) is 0. The molecule has 0 fully saturated rings. The second kappa shape index (κ2) is 2.70. The maximum Gasteiger partial charge on any atom is 0.121 e. The lowest BCUT2D eigenvalue weighted by Gasteiger charge is -2.04. The summed E-state index contributed by atoms with van der Waals surface area (Å²) in [5, 5.41) is 12.8. The van der Waals surface area contributed by atoms with Crippen LogP contribution in [0.25, 0.3) is 0 Å². The minimum absolute atomic E-state index is 0.401.